The van der Waals surface area contributed by atoms with Gasteiger partial charge in [0.15, 0.2) is 0 Å². The SMILES string of the molecule is CSc1cccc(NC(=O)[C@@H](C)N(c2cc(C)cc(C)c2)S(C)(=O)=O)c1. The first kappa shape index (κ1) is 20.3. The molecule has 7 heteroatoms. The van der Waals surface area contributed by atoms with Crippen molar-refractivity contribution in [2.45, 2.75) is 31.7 Å². The number of carbonyl (C=O) groups excluding carboxylic acids is 1. The molecule has 0 radical (unpaired) electrons. The van der Waals surface area contributed by atoms with Gasteiger partial charge in [-0.05, 0) is 68.5 Å². The Morgan fingerprint density at radius 2 is 1.73 bits per heavy atom. The van der Waals surface area contributed by atoms with E-state index in [-0.39, 0.29) is 5.91 Å². The molecular formula is C19H24N2O3S2. The van der Waals surface area contributed by atoms with Gasteiger partial charge in [-0.15, -0.1) is 11.8 Å². The number of benzene rings is 2. The van der Waals surface area contributed by atoms with Crippen LogP contribution in [0.4, 0.5) is 11.4 Å². The normalized spacial score (nSPS) is 12.5. The number of sulfonamides is 1. The van der Waals surface area contributed by atoms with Gasteiger partial charge in [0.25, 0.3) is 0 Å². The number of thioether (sulfide) groups is 1. The highest BCUT2D eigenvalue weighted by atomic mass is 32.2. The Balaban J connectivity index is 2.34. The number of nitrogens with one attached hydrogen (secondary N) is 1. The molecular weight excluding hydrogens is 368 g/mol. The van der Waals surface area contributed by atoms with Crippen LogP contribution in [-0.2, 0) is 14.8 Å². The minimum absolute atomic E-state index is 0.382. The Hall–Kier alpha value is -1.99. The molecule has 0 fully saturated rings. The van der Waals surface area contributed by atoms with Crippen LogP contribution >= 0.6 is 11.8 Å². The number of hydrogen-bond donors (Lipinski definition) is 1. The third-order valence-corrected chi connectivity index (χ3v) is 5.85. The predicted octanol–water partition coefficient (Wildman–Crippen LogP) is 3.82. The summed E-state index contributed by atoms with van der Waals surface area (Å²) < 4.78 is 26.0. The van der Waals surface area contributed by atoms with Crippen molar-refractivity contribution in [3.05, 3.63) is 53.6 Å². The first-order chi connectivity index (χ1) is 12.1. The Morgan fingerprint density at radius 3 is 2.27 bits per heavy atom. The molecule has 0 aliphatic heterocycles. The van der Waals surface area contributed by atoms with Crippen LogP contribution in [0.3, 0.4) is 0 Å². The third kappa shape index (κ3) is 5.02. The van der Waals surface area contributed by atoms with Crippen molar-refractivity contribution in [1.82, 2.24) is 0 Å². The van der Waals surface area contributed by atoms with Crippen LogP contribution in [0.15, 0.2) is 47.4 Å². The fourth-order valence-electron chi connectivity index (χ4n) is 2.83. The van der Waals surface area contributed by atoms with Crippen molar-refractivity contribution in [1.29, 1.82) is 0 Å². The monoisotopic (exact) mass is 392 g/mol. The lowest BCUT2D eigenvalue weighted by Gasteiger charge is -2.28. The number of carbonyl (C=O) groups is 1. The molecule has 0 aliphatic carbocycles. The van der Waals surface area contributed by atoms with Crippen LogP contribution < -0.4 is 9.62 Å². The van der Waals surface area contributed by atoms with Gasteiger partial charge < -0.3 is 5.32 Å². The standard InChI is InChI=1S/C19H24N2O3S2/c1-13-9-14(2)11-17(10-13)21(26(5,23)24)15(3)19(22)20-16-7-6-8-18(12-16)25-4/h6-12,15H,1-5H3,(H,20,22)/t15-/m1/s1. The van der Waals surface area contributed by atoms with Gasteiger partial charge in [0.05, 0.1) is 11.9 Å². The van der Waals surface area contributed by atoms with Crippen molar-refractivity contribution < 1.29 is 13.2 Å². The van der Waals surface area contributed by atoms with E-state index in [1.165, 1.54) is 4.31 Å². The Kier molecular flexibility index (Phi) is 6.36. The lowest BCUT2D eigenvalue weighted by atomic mass is 10.1. The van der Waals surface area contributed by atoms with E-state index >= 15 is 0 Å². The van der Waals surface area contributed by atoms with Gasteiger partial charge in [-0.2, -0.15) is 0 Å². The zero-order valence-electron chi connectivity index (χ0n) is 15.6. The van der Waals surface area contributed by atoms with Crippen molar-refractivity contribution in [3.63, 3.8) is 0 Å². The van der Waals surface area contributed by atoms with E-state index in [0.717, 1.165) is 22.3 Å². The molecule has 1 atom stereocenters. The molecule has 0 aliphatic rings. The molecule has 1 amide bonds. The van der Waals surface area contributed by atoms with E-state index in [4.69, 9.17) is 0 Å². The molecule has 26 heavy (non-hydrogen) atoms. The minimum atomic E-state index is -3.63. The summed E-state index contributed by atoms with van der Waals surface area (Å²) in [5.74, 6) is -0.382. The largest absolute Gasteiger partial charge is 0.324 e. The highest BCUT2D eigenvalue weighted by Crippen LogP contribution is 2.25. The summed E-state index contributed by atoms with van der Waals surface area (Å²) in [5, 5.41) is 2.81. The maximum Gasteiger partial charge on any atom is 0.247 e. The van der Waals surface area contributed by atoms with E-state index in [1.54, 1.807) is 36.9 Å². The summed E-state index contributed by atoms with van der Waals surface area (Å²) in [6.45, 7) is 5.39. The molecule has 0 saturated carbocycles. The maximum atomic E-state index is 12.7. The molecule has 0 unspecified atom stereocenters. The van der Waals surface area contributed by atoms with E-state index in [0.29, 0.717) is 11.4 Å². The first-order valence-corrected chi connectivity index (χ1v) is 11.2. The van der Waals surface area contributed by atoms with Gasteiger partial charge >= 0.3 is 0 Å². The molecule has 2 aromatic carbocycles. The van der Waals surface area contributed by atoms with Crippen LogP contribution in [0, 0.1) is 13.8 Å². The molecule has 5 nitrogen and oxygen atoms in total. The molecule has 0 bridgehead atoms. The van der Waals surface area contributed by atoms with E-state index in [9.17, 15) is 13.2 Å². The Bertz CT molecular complexity index is 891. The van der Waals surface area contributed by atoms with Gasteiger partial charge in [-0.3, -0.25) is 9.10 Å². The van der Waals surface area contributed by atoms with Crippen LogP contribution in [0.1, 0.15) is 18.1 Å². The van der Waals surface area contributed by atoms with Crippen molar-refractivity contribution in [2.24, 2.45) is 0 Å². The highest BCUT2D eigenvalue weighted by Gasteiger charge is 2.29. The average Bonchev–Trinajstić information content (AvgIpc) is 2.52. The smallest absolute Gasteiger partial charge is 0.247 e. The summed E-state index contributed by atoms with van der Waals surface area (Å²) in [6.07, 6.45) is 3.07. The highest BCUT2D eigenvalue weighted by molar-refractivity contribution is 7.98. The van der Waals surface area contributed by atoms with Crippen molar-refractivity contribution >= 4 is 39.1 Å². The van der Waals surface area contributed by atoms with E-state index in [2.05, 4.69) is 5.32 Å². The van der Waals surface area contributed by atoms with Gasteiger partial charge in [-0.25, -0.2) is 8.42 Å². The average molecular weight is 393 g/mol. The summed E-state index contributed by atoms with van der Waals surface area (Å²) >= 11 is 1.57. The molecule has 0 heterocycles. The summed E-state index contributed by atoms with van der Waals surface area (Å²) in [5.41, 5.74) is 3.01. The molecule has 2 aromatic rings. The van der Waals surface area contributed by atoms with E-state index < -0.39 is 16.1 Å². The summed E-state index contributed by atoms with van der Waals surface area (Å²) in [4.78, 5) is 13.7. The number of anilines is 2. The number of amides is 1. The summed E-state index contributed by atoms with van der Waals surface area (Å²) in [6, 6.07) is 12.1. The maximum absolute atomic E-state index is 12.7. The minimum Gasteiger partial charge on any atom is -0.324 e. The number of rotatable bonds is 6. The van der Waals surface area contributed by atoms with Crippen LogP contribution in [0.2, 0.25) is 0 Å². The molecule has 0 aromatic heterocycles. The molecule has 2 rings (SSSR count). The quantitative estimate of drug-likeness (QED) is 0.759. The van der Waals surface area contributed by atoms with Crippen molar-refractivity contribution in [3.8, 4) is 0 Å². The zero-order valence-corrected chi connectivity index (χ0v) is 17.2. The fourth-order valence-corrected chi connectivity index (χ4v) is 4.45. The molecule has 140 valence electrons. The predicted molar refractivity (Wildman–Crippen MR) is 110 cm³/mol. The third-order valence-electron chi connectivity index (χ3n) is 3.89. The second-order valence-electron chi connectivity index (χ2n) is 6.30. The Morgan fingerprint density at radius 1 is 1.12 bits per heavy atom. The molecule has 0 saturated heterocycles. The van der Waals surface area contributed by atoms with Gasteiger partial charge in [0.1, 0.15) is 6.04 Å². The van der Waals surface area contributed by atoms with Gasteiger partial charge in [0, 0.05) is 10.6 Å². The van der Waals surface area contributed by atoms with Crippen LogP contribution in [0.25, 0.3) is 0 Å². The van der Waals surface area contributed by atoms with E-state index in [1.807, 2.05) is 44.4 Å². The molecule has 1 N–H and O–H groups in total. The topological polar surface area (TPSA) is 66.5 Å². The van der Waals surface area contributed by atoms with Gasteiger partial charge in [0.2, 0.25) is 15.9 Å². The Labute approximate surface area is 159 Å². The lowest BCUT2D eigenvalue weighted by molar-refractivity contribution is -0.116. The number of nitrogens with zero attached hydrogens (tertiary/aromatic N) is 1. The number of hydrogen-bond acceptors (Lipinski definition) is 4. The first-order valence-electron chi connectivity index (χ1n) is 8.14. The number of aryl methyl sites for hydroxylation is 2. The summed E-state index contributed by atoms with van der Waals surface area (Å²) in [7, 11) is -3.63. The zero-order chi connectivity index (χ0) is 19.5. The van der Waals surface area contributed by atoms with Crippen LogP contribution in [-0.4, -0.2) is 32.9 Å². The van der Waals surface area contributed by atoms with Gasteiger partial charge in [-0.1, -0.05) is 12.1 Å². The van der Waals surface area contributed by atoms with Crippen LogP contribution in [0.5, 0.6) is 0 Å². The molecule has 0 spiro atoms. The lowest BCUT2D eigenvalue weighted by Crippen LogP contribution is -2.45. The fraction of sp³-hybridized carbons (Fsp3) is 0.316. The van der Waals surface area contributed by atoms with Crippen molar-refractivity contribution in [2.75, 3.05) is 22.1 Å². The second kappa shape index (κ2) is 8.14. The second-order valence-corrected chi connectivity index (χ2v) is 9.04.